The fourth-order valence-corrected chi connectivity index (χ4v) is 4.87. The largest absolute Gasteiger partial charge is 0.497 e. The number of hydrazone groups is 1. The number of rotatable bonds is 7. The van der Waals surface area contributed by atoms with E-state index in [2.05, 4.69) is 10.2 Å². The smallest absolute Gasteiger partial charge is 0.253 e. The van der Waals surface area contributed by atoms with Gasteiger partial charge in [0, 0.05) is 19.0 Å². The van der Waals surface area contributed by atoms with Crippen molar-refractivity contribution in [1.29, 1.82) is 0 Å². The number of aromatic nitrogens is 3. The fourth-order valence-electron chi connectivity index (χ4n) is 4.10. The molecule has 176 valence electrons. The Hall–Kier alpha value is -3.91. The minimum Gasteiger partial charge on any atom is -0.497 e. The van der Waals surface area contributed by atoms with Crippen LogP contribution in [0.1, 0.15) is 23.6 Å². The van der Waals surface area contributed by atoms with Crippen molar-refractivity contribution in [2.24, 2.45) is 12.1 Å². The molecule has 5 rings (SSSR count). The zero-order chi connectivity index (χ0) is 24.2. The van der Waals surface area contributed by atoms with Crippen molar-refractivity contribution in [2.45, 2.75) is 17.6 Å². The molecule has 35 heavy (non-hydrogen) atoms. The molecule has 0 saturated carbocycles. The van der Waals surface area contributed by atoms with Gasteiger partial charge >= 0.3 is 0 Å². The summed E-state index contributed by atoms with van der Waals surface area (Å²) >= 11 is 1.37. The van der Waals surface area contributed by atoms with E-state index in [0.29, 0.717) is 11.6 Å². The van der Waals surface area contributed by atoms with Gasteiger partial charge < -0.3 is 9.30 Å². The van der Waals surface area contributed by atoms with E-state index in [4.69, 9.17) is 9.84 Å². The summed E-state index contributed by atoms with van der Waals surface area (Å²) in [4.78, 5) is 13.4. The standard InChI is InChI=1S/C27H25N5O2S/c1-31-26(21-11-7-4-8-12-21)28-29-27(31)35-18-25(33)32-24(20-13-15-22(34-2)16-14-20)17-23(30-32)19-9-5-3-6-10-19/h3-16,24H,17-18H2,1-2H3. The monoisotopic (exact) mass is 483 g/mol. The second-order valence-corrected chi connectivity index (χ2v) is 9.11. The van der Waals surface area contributed by atoms with Crippen molar-refractivity contribution in [3.05, 3.63) is 96.1 Å². The quantitative estimate of drug-likeness (QED) is 0.348. The summed E-state index contributed by atoms with van der Waals surface area (Å²) in [5.74, 6) is 1.67. The van der Waals surface area contributed by atoms with Crippen molar-refractivity contribution in [3.63, 3.8) is 0 Å². The number of thioether (sulfide) groups is 1. The first kappa shape index (κ1) is 22.9. The van der Waals surface area contributed by atoms with Crippen molar-refractivity contribution in [2.75, 3.05) is 12.9 Å². The van der Waals surface area contributed by atoms with Gasteiger partial charge in [-0.3, -0.25) is 4.79 Å². The highest BCUT2D eigenvalue weighted by molar-refractivity contribution is 7.99. The third kappa shape index (κ3) is 4.83. The first-order chi connectivity index (χ1) is 17.1. The first-order valence-corrected chi connectivity index (χ1v) is 12.3. The van der Waals surface area contributed by atoms with E-state index >= 15 is 0 Å². The third-order valence-electron chi connectivity index (χ3n) is 5.97. The molecular formula is C27H25N5O2S. The normalized spacial score (nSPS) is 15.2. The first-order valence-electron chi connectivity index (χ1n) is 11.3. The summed E-state index contributed by atoms with van der Waals surface area (Å²) in [6.07, 6.45) is 0.648. The summed E-state index contributed by atoms with van der Waals surface area (Å²) in [5, 5.41) is 15.7. The lowest BCUT2D eigenvalue weighted by atomic mass is 9.98. The van der Waals surface area contributed by atoms with Gasteiger partial charge in [-0.25, -0.2) is 5.01 Å². The number of benzene rings is 3. The fraction of sp³-hybridized carbons (Fsp3) is 0.185. The van der Waals surface area contributed by atoms with Gasteiger partial charge in [-0.2, -0.15) is 5.10 Å². The van der Waals surface area contributed by atoms with Crippen LogP contribution in [0, 0.1) is 0 Å². The zero-order valence-electron chi connectivity index (χ0n) is 19.5. The van der Waals surface area contributed by atoms with Crippen LogP contribution in [0.3, 0.4) is 0 Å². The lowest BCUT2D eigenvalue weighted by molar-refractivity contribution is -0.130. The molecule has 0 spiro atoms. The second-order valence-electron chi connectivity index (χ2n) is 8.16. The van der Waals surface area contributed by atoms with E-state index in [0.717, 1.165) is 34.0 Å². The average Bonchev–Trinajstić information content (AvgIpc) is 3.52. The van der Waals surface area contributed by atoms with E-state index in [1.807, 2.05) is 96.5 Å². The van der Waals surface area contributed by atoms with Crippen LogP contribution in [0.5, 0.6) is 5.75 Å². The molecule has 0 radical (unpaired) electrons. The summed E-state index contributed by atoms with van der Waals surface area (Å²) in [7, 11) is 3.56. The van der Waals surface area contributed by atoms with E-state index in [1.165, 1.54) is 11.8 Å². The molecule has 2 heterocycles. The second kappa shape index (κ2) is 10.1. The van der Waals surface area contributed by atoms with Gasteiger partial charge in [-0.15, -0.1) is 10.2 Å². The number of carbonyl (C=O) groups is 1. The van der Waals surface area contributed by atoms with Gasteiger partial charge in [0.15, 0.2) is 11.0 Å². The van der Waals surface area contributed by atoms with Crippen molar-refractivity contribution in [3.8, 4) is 17.1 Å². The summed E-state index contributed by atoms with van der Waals surface area (Å²) in [6, 6.07) is 27.5. The molecule has 1 aliphatic rings. The summed E-state index contributed by atoms with van der Waals surface area (Å²) in [6.45, 7) is 0. The van der Waals surface area contributed by atoms with Crippen LogP contribution in [0.15, 0.2) is 95.2 Å². The van der Waals surface area contributed by atoms with E-state index in [9.17, 15) is 4.79 Å². The summed E-state index contributed by atoms with van der Waals surface area (Å²) in [5.41, 5.74) is 3.92. The van der Waals surface area contributed by atoms with Crippen LogP contribution >= 0.6 is 11.8 Å². The number of carbonyl (C=O) groups excluding carboxylic acids is 1. The Morgan fingerprint density at radius 2 is 1.60 bits per heavy atom. The number of methoxy groups -OCH3 is 1. The highest BCUT2D eigenvalue weighted by atomic mass is 32.2. The molecule has 0 aliphatic carbocycles. The van der Waals surface area contributed by atoms with Gasteiger partial charge in [0.25, 0.3) is 5.91 Å². The average molecular weight is 484 g/mol. The molecule has 7 nitrogen and oxygen atoms in total. The number of ether oxygens (including phenoxy) is 1. The lowest BCUT2D eigenvalue weighted by Gasteiger charge is -2.22. The van der Waals surface area contributed by atoms with Crippen LogP contribution in [0.25, 0.3) is 11.4 Å². The molecule has 1 amide bonds. The van der Waals surface area contributed by atoms with Crippen LogP contribution in [0.4, 0.5) is 0 Å². The summed E-state index contributed by atoms with van der Waals surface area (Å²) < 4.78 is 7.22. The third-order valence-corrected chi connectivity index (χ3v) is 6.97. The molecule has 4 aromatic rings. The molecule has 0 saturated heterocycles. The molecule has 1 aromatic heterocycles. The van der Waals surface area contributed by atoms with Crippen molar-refractivity contribution >= 4 is 23.4 Å². The molecule has 0 fully saturated rings. The molecule has 3 aromatic carbocycles. The minimum atomic E-state index is -0.177. The predicted octanol–water partition coefficient (Wildman–Crippen LogP) is 4.96. The van der Waals surface area contributed by atoms with Crippen molar-refractivity contribution < 1.29 is 9.53 Å². The van der Waals surface area contributed by atoms with Crippen LogP contribution in [-0.4, -0.2) is 44.3 Å². The highest BCUT2D eigenvalue weighted by Gasteiger charge is 2.33. The molecule has 0 N–H and O–H groups in total. The molecule has 8 heteroatoms. The Balaban J connectivity index is 1.36. The molecular weight excluding hydrogens is 458 g/mol. The van der Waals surface area contributed by atoms with Gasteiger partial charge in [0.2, 0.25) is 0 Å². The molecule has 0 bridgehead atoms. The van der Waals surface area contributed by atoms with Crippen molar-refractivity contribution in [1.82, 2.24) is 19.8 Å². The number of hydrogen-bond donors (Lipinski definition) is 0. The Bertz CT molecular complexity index is 1340. The van der Waals surface area contributed by atoms with E-state index in [-0.39, 0.29) is 17.7 Å². The minimum absolute atomic E-state index is 0.0778. The predicted molar refractivity (Wildman–Crippen MR) is 137 cm³/mol. The highest BCUT2D eigenvalue weighted by Crippen LogP contribution is 2.34. The number of amides is 1. The van der Waals surface area contributed by atoms with Gasteiger partial charge in [-0.1, -0.05) is 84.6 Å². The Labute approximate surface area is 208 Å². The van der Waals surface area contributed by atoms with Crippen LogP contribution < -0.4 is 4.74 Å². The maximum atomic E-state index is 13.4. The molecule has 1 atom stereocenters. The number of hydrogen-bond acceptors (Lipinski definition) is 6. The van der Waals surface area contributed by atoms with E-state index in [1.54, 1.807) is 12.1 Å². The van der Waals surface area contributed by atoms with Crippen LogP contribution in [0.2, 0.25) is 0 Å². The lowest BCUT2D eigenvalue weighted by Crippen LogP contribution is -2.28. The molecule has 1 unspecified atom stereocenters. The topological polar surface area (TPSA) is 72.6 Å². The van der Waals surface area contributed by atoms with Gasteiger partial charge in [-0.05, 0) is 23.3 Å². The molecule has 1 aliphatic heterocycles. The Morgan fingerprint density at radius 3 is 2.26 bits per heavy atom. The maximum Gasteiger partial charge on any atom is 0.253 e. The Morgan fingerprint density at radius 1 is 0.943 bits per heavy atom. The van der Waals surface area contributed by atoms with E-state index < -0.39 is 0 Å². The number of nitrogens with zero attached hydrogens (tertiary/aromatic N) is 5. The maximum absolute atomic E-state index is 13.4. The SMILES string of the molecule is COc1ccc(C2CC(c3ccccc3)=NN2C(=O)CSc2nnc(-c3ccccc3)n2C)cc1. The van der Waals surface area contributed by atoms with Gasteiger partial charge in [0.1, 0.15) is 5.75 Å². The van der Waals surface area contributed by atoms with Crippen LogP contribution in [-0.2, 0) is 11.8 Å². The Kier molecular flexibility index (Phi) is 6.63. The zero-order valence-corrected chi connectivity index (χ0v) is 20.4. The van der Waals surface area contributed by atoms with Gasteiger partial charge in [0.05, 0.1) is 24.6 Å².